The molecule has 0 saturated carbocycles. The first-order chi connectivity index (χ1) is 9.99. The van der Waals surface area contributed by atoms with Crippen LogP contribution in [0.15, 0.2) is 41.3 Å². The molecule has 0 unspecified atom stereocenters. The van der Waals surface area contributed by atoms with Gasteiger partial charge in [-0.2, -0.15) is 0 Å². The van der Waals surface area contributed by atoms with Crippen molar-refractivity contribution in [3.8, 4) is 0 Å². The second kappa shape index (κ2) is 6.68. The number of carbonyl (C=O) groups is 1. The van der Waals surface area contributed by atoms with Crippen molar-refractivity contribution >= 4 is 23.4 Å². The largest absolute Gasteiger partial charge is 0.465 e. The van der Waals surface area contributed by atoms with Crippen molar-refractivity contribution in [2.24, 2.45) is 0 Å². The third-order valence-corrected chi connectivity index (χ3v) is 4.18. The highest BCUT2D eigenvalue weighted by Gasteiger charge is 2.11. The van der Waals surface area contributed by atoms with E-state index in [0.29, 0.717) is 11.3 Å². The molecule has 0 aromatic heterocycles. The predicted molar refractivity (Wildman–Crippen MR) is 87.7 cm³/mol. The molecule has 0 heterocycles. The number of thioether (sulfide) groups is 1. The molecule has 0 amide bonds. The molecule has 3 nitrogen and oxygen atoms in total. The maximum absolute atomic E-state index is 11.6. The van der Waals surface area contributed by atoms with Crippen LogP contribution in [-0.4, -0.2) is 13.1 Å². The van der Waals surface area contributed by atoms with E-state index in [1.807, 2.05) is 6.07 Å². The quantitative estimate of drug-likeness (QED) is 0.527. The monoisotopic (exact) mass is 301 g/mol. The molecule has 0 saturated heterocycles. The zero-order chi connectivity index (χ0) is 15.4. The SMILES string of the molecule is COC(=O)c1cc(SCc2cc(C)cc(C)c2)ccc1N. The maximum atomic E-state index is 11.6. The minimum Gasteiger partial charge on any atom is -0.465 e. The molecule has 0 radical (unpaired) electrons. The fourth-order valence-corrected chi connectivity index (χ4v) is 3.10. The van der Waals surface area contributed by atoms with Crippen LogP contribution in [0.4, 0.5) is 5.69 Å². The van der Waals surface area contributed by atoms with Crippen molar-refractivity contribution in [3.05, 3.63) is 58.7 Å². The van der Waals surface area contributed by atoms with Crippen molar-refractivity contribution in [2.45, 2.75) is 24.5 Å². The average Bonchev–Trinajstić information content (AvgIpc) is 2.44. The number of esters is 1. The van der Waals surface area contributed by atoms with Crippen molar-refractivity contribution in [1.29, 1.82) is 0 Å². The van der Waals surface area contributed by atoms with Gasteiger partial charge in [-0.25, -0.2) is 4.79 Å². The minimum absolute atomic E-state index is 0.402. The van der Waals surface area contributed by atoms with Gasteiger partial charge in [-0.05, 0) is 37.6 Å². The number of nitrogen functional groups attached to an aromatic ring is 1. The van der Waals surface area contributed by atoms with E-state index in [9.17, 15) is 4.79 Å². The van der Waals surface area contributed by atoms with Crippen LogP contribution in [0.1, 0.15) is 27.0 Å². The molecular formula is C17H19NO2S. The molecule has 2 aromatic carbocycles. The second-order valence-electron chi connectivity index (χ2n) is 5.03. The summed E-state index contributed by atoms with van der Waals surface area (Å²) in [5, 5.41) is 0. The number of carbonyl (C=O) groups excluding carboxylic acids is 1. The molecule has 0 bridgehead atoms. The summed E-state index contributed by atoms with van der Waals surface area (Å²) in [6.07, 6.45) is 0. The van der Waals surface area contributed by atoms with Gasteiger partial charge in [-0.15, -0.1) is 11.8 Å². The van der Waals surface area contributed by atoms with E-state index in [0.717, 1.165) is 10.6 Å². The molecule has 2 rings (SSSR count). The lowest BCUT2D eigenvalue weighted by molar-refractivity contribution is 0.0601. The molecule has 0 atom stereocenters. The van der Waals surface area contributed by atoms with Crippen LogP contribution in [0.5, 0.6) is 0 Å². The Morgan fingerprint density at radius 3 is 2.43 bits per heavy atom. The van der Waals surface area contributed by atoms with Gasteiger partial charge >= 0.3 is 5.97 Å². The molecular weight excluding hydrogens is 282 g/mol. The zero-order valence-corrected chi connectivity index (χ0v) is 13.3. The van der Waals surface area contributed by atoms with Gasteiger partial charge in [0.1, 0.15) is 0 Å². The van der Waals surface area contributed by atoms with Gasteiger partial charge in [0.2, 0.25) is 0 Å². The molecule has 0 spiro atoms. The van der Waals surface area contributed by atoms with Crippen LogP contribution in [0.25, 0.3) is 0 Å². The highest BCUT2D eigenvalue weighted by atomic mass is 32.2. The highest BCUT2D eigenvalue weighted by molar-refractivity contribution is 7.98. The van der Waals surface area contributed by atoms with Gasteiger partial charge in [-0.1, -0.05) is 29.3 Å². The van der Waals surface area contributed by atoms with E-state index >= 15 is 0 Å². The van der Waals surface area contributed by atoms with Gasteiger partial charge < -0.3 is 10.5 Å². The predicted octanol–water partition coefficient (Wildman–Crippen LogP) is 3.96. The highest BCUT2D eigenvalue weighted by Crippen LogP contribution is 2.27. The van der Waals surface area contributed by atoms with Gasteiger partial charge in [0, 0.05) is 16.3 Å². The number of rotatable bonds is 4. The van der Waals surface area contributed by atoms with E-state index in [1.54, 1.807) is 23.9 Å². The van der Waals surface area contributed by atoms with Crippen molar-refractivity contribution in [3.63, 3.8) is 0 Å². The first kappa shape index (κ1) is 15.4. The molecule has 2 aromatic rings. The molecule has 0 fully saturated rings. The van der Waals surface area contributed by atoms with E-state index in [4.69, 9.17) is 10.5 Å². The number of benzene rings is 2. The summed E-state index contributed by atoms with van der Waals surface area (Å²) in [6, 6.07) is 12.0. The fourth-order valence-electron chi connectivity index (χ4n) is 2.23. The Hall–Kier alpha value is -1.94. The lowest BCUT2D eigenvalue weighted by Crippen LogP contribution is -2.05. The van der Waals surface area contributed by atoms with E-state index < -0.39 is 5.97 Å². The minimum atomic E-state index is -0.402. The first-order valence-corrected chi connectivity index (χ1v) is 7.66. The number of ether oxygens (including phenoxy) is 1. The molecule has 2 N–H and O–H groups in total. The average molecular weight is 301 g/mol. The summed E-state index contributed by atoms with van der Waals surface area (Å²) in [4.78, 5) is 12.6. The number of anilines is 1. The molecule has 21 heavy (non-hydrogen) atoms. The summed E-state index contributed by atoms with van der Waals surface area (Å²) >= 11 is 1.68. The van der Waals surface area contributed by atoms with Crippen LogP contribution in [0.2, 0.25) is 0 Å². The Balaban J connectivity index is 2.15. The zero-order valence-electron chi connectivity index (χ0n) is 12.5. The summed E-state index contributed by atoms with van der Waals surface area (Å²) in [7, 11) is 1.36. The molecule has 110 valence electrons. The van der Waals surface area contributed by atoms with Crippen LogP contribution in [-0.2, 0) is 10.5 Å². The fraction of sp³-hybridized carbons (Fsp3) is 0.235. The van der Waals surface area contributed by atoms with Gasteiger partial charge in [-0.3, -0.25) is 0 Å². The molecule has 0 aliphatic heterocycles. The molecule has 4 heteroatoms. The van der Waals surface area contributed by atoms with Crippen molar-refractivity contribution < 1.29 is 9.53 Å². The van der Waals surface area contributed by atoms with E-state index in [2.05, 4.69) is 32.0 Å². The summed E-state index contributed by atoms with van der Waals surface area (Å²) in [6.45, 7) is 4.19. The third kappa shape index (κ3) is 4.02. The Morgan fingerprint density at radius 2 is 1.81 bits per heavy atom. The van der Waals surface area contributed by atoms with Gasteiger partial charge in [0.05, 0.1) is 12.7 Å². The van der Waals surface area contributed by atoms with Crippen molar-refractivity contribution in [2.75, 3.05) is 12.8 Å². The maximum Gasteiger partial charge on any atom is 0.339 e. The van der Waals surface area contributed by atoms with E-state index in [1.165, 1.54) is 23.8 Å². The molecule has 0 aliphatic rings. The molecule has 0 aliphatic carbocycles. The summed E-state index contributed by atoms with van der Waals surface area (Å²) in [5.74, 6) is 0.453. The topological polar surface area (TPSA) is 52.3 Å². The Bertz CT molecular complexity index is 648. The Morgan fingerprint density at radius 1 is 1.14 bits per heavy atom. The Labute approximate surface area is 129 Å². The smallest absolute Gasteiger partial charge is 0.339 e. The number of aryl methyl sites for hydroxylation is 2. The normalized spacial score (nSPS) is 10.4. The second-order valence-corrected chi connectivity index (χ2v) is 6.07. The third-order valence-electron chi connectivity index (χ3n) is 3.12. The lowest BCUT2D eigenvalue weighted by Gasteiger charge is -2.08. The number of nitrogens with two attached hydrogens (primary N) is 1. The van der Waals surface area contributed by atoms with Crippen LogP contribution in [0, 0.1) is 13.8 Å². The number of methoxy groups -OCH3 is 1. The number of hydrogen-bond acceptors (Lipinski definition) is 4. The lowest BCUT2D eigenvalue weighted by atomic mass is 10.1. The van der Waals surface area contributed by atoms with Gasteiger partial charge in [0.25, 0.3) is 0 Å². The summed E-state index contributed by atoms with van der Waals surface area (Å²) < 4.78 is 4.74. The van der Waals surface area contributed by atoms with Crippen molar-refractivity contribution in [1.82, 2.24) is 0 Å². The summed E-state index contributed by atoms with van der Waals surface area (Å²) in [5.41, 5.74) is 10.5. The standard InChI is InChI=1S/C17H19NO2S/c1-11-6-12(2)8-13(7-11)10-21-14-4-5-16(18)15(9-14)17(19)20-3/h4-9H,10,18H2,1-3H3. The van der Waals surface area contributed by atoms with E-state index in [-0.39, 0.29) is 0 Å². The number of hydrogen-bond donors (Lipinski definition) is 1. The van der Waals surface area contributed by atoms with Gasteiger partial charge in [0.15, 0.2) is 0 Å². The van der Waals surface area contributed by atoms with Crippen LogP contribution in [0.3, 0.4) is 0 Å². The van der Waals surface area contributed by atoms with Crippen LogP contribution < -0.4 is 5.73 Å². The first-order valence-electron chi connectivity index (χ1n) is 6.67. The Kier molecular flexibility index (Phi) is 4.91. The van der Waals surface area contributed by atoms with Crippen LogP contribution >= 0.6 is 11.8 Å².